The van der Waals surface area contributed by atoms with Crippen LogP contribution >= 0.6 is 0 Å². The predicted molar refractivity (Wildman–Crippen MR) is 76.6 cm³/mol. The van der Waals surface area contributed by atoms with Gasteiger partial charge in [0, 0.05) is 25.5 Å². The van der Waals surface area contributed by atoms with Gasteiger partial charge in [-0.25, -0.2) is 0 Å². The van der Waals surface area contributed by atoms with Crippen LogP contribution < -0.4 is 9.64 Å². The third-order valence-electron chi connectivity index (χ3n) is 3.59. The number of methoxy groups -OCH3 is 1. The maximum absolute atomic E-state index is 5.52. The highest BCUT2D eigenvalue weighted by Gasteiger charge is 2.20. The molecule has 3 heteroatoms. The molecule has 0 N–H and O–H groups in total. The summed E-state index contributed by atoms with van der Waals surface area (Å²) in [6.07, 6.45) is 6.08. The maximum Gasteiger partial charge on any atom is 0.142 e. The lowest BCUT2D eigenvalue weighted by Crippen LogP contribution is -2.29. The molecule has 1 aromatic carbocycles. The number of ether oxygens (including phenoxy) is 1. The predicted octanol–water partition coefficient (Wildman–Crippen LogP) is 3.04. The first kappa shape index (κ1) is 12.0. The van der Waals surface area contributed by atoms with E-state index < -0.39 is 0 Å². The van der Waals surface area contributed by atoms with Gasteiger partial charge in [-0.3, -0.25) is 4.98 Å². The van der Waals surface area contributed by atoms with Gasteiger partial charge >= 0.3 is 0 Å². The third-order valence-corrected chi connectivity index (χ3v) is 3.59. The van der Waals surface area contributed by atoms with Gasteiger partial charge in [0.2, 0.25) is 0 Å². The Labute approximate surface area is 113 Å². The van der Waals surface area contributed by atoms with E-state index in [9.17, 15) is 0 Å². The van der Waals surface area contributed by atoms with E-state index in [0.29, 0.717) is 0 Å². The first-order chi connectivity index (χ1) is 9.38. The summed E-state index contributed by atoms with van der Waals surface area (Å²) in [5, 5.41) is 0. The Morgan fingerprint density at radius 1 is 1.26 bits per heavy atom. The molecule has 19 heavy (non-hydrogen) atoms. The normalized spacial score (nSPS) is 14.1. The summed E-state index contributed by atoms with van der Waals surface area (Å²) in [5.41, 5.74) is 3.87. The summed E-state index contributed by atoms with van der Waals surface area (Å²) in [4.78, 5) is 6.59. The van der Waals surface area contributed by atoms with Crippen LogP contribution in [0.15, 0.2) is 42.7 Å². The van der Waals surface area contributed by atoms with Crippen molar-refractivity contribution in [3.63, 3.8) is 0 Å². The molecule has 1 aliphatic heterocycles. The van der Waals surface area contributed by atoms with Crippen LogP contribution in [0, 0.1) is 0 Å². The molecule has 0 aliphatic carbocycles. The minimum atomic E-state index is 0.890. The second-order valence-electron chi connectivity index (χ2n) is 4.85. The summed E-state index contributed by atoms with van der Waals surface area (Å²) >= 11 is 0. The number of hydrogen-bond donors (Lipinski definition) is 0. The van der Waals surface area contributed by atoms with Crippen molar-refractivity contribution >= 4 is 5.69 Å². The van der Waals surface area contributed by atoms with Crippen molar-refractivity contribution in [3.8, 4) is 5.75 Å². The quantitative estimate of drug-likeness (QED) is 0.841. The Morgan fingerprint density at radius 3 is 3.00 bits per heavy atom. The number of rotatable bonds is 3. The molecule has 0 amide bonds. The lowest BCUT2D eigenvalue weighted by molar-refractivity contribution is 0.412. The standard InChI is InChI=1S/C16H18N2O/c1-19-15-8-2-6-14-7-4-10-18(16(14)15)12-13-5-3-9-17-11-13/h2-3,5-6,8-9,11H,4,7,10,12H2,1H3. The minimum absolute atomic E-state index is 0.890. The zero-order valence-electron chi connectivity index (χ0n) is 11.2. The fourth-order valence-electron chi connectivity index (χ4n) is 2.74. The maximum atomic E-state index is 5.52. The van der Waals surface area contributed by atoms with Gasteiger partial charge in [-0.2, -0.15) is 0 Å². The van der Waals surface area contributed by atoms with Gasteiger partial charge in [0.15, 0.2) is 0 Å². The number of anilines is 1. The lowest BCUT2D eigenvalue weighted by atomic mass is 10.0. The Kier molecular flexibility index (Phi) is 3.36. The number of aromatic nitrogens is 1. The Hall–Kier alpha value is -2.03. The summed E-state index contributed by atoms with van der Waals surface area (Å²) in [6.45, 7) is 1.96. The molecule has 0 bridgehead atoms. The monoisotopic (exact) mass is 254 g/mol. The van der Waals surface area contributed by atoms with Crippen LogP contribution in [0.25, 0.3) is 0 Å². The van der Waals surface area contributed by atoms with E-state index in [1.54, 1.807) is 7.11 Å². The molecule has 3 nitrogen and oxygen atoms in total. The topological polar surface area (TPSA) is 25.4 Å². The van der Waals surface area contributed by atoms with E-state index in [4.69, 9.17) is 4.74 Å². The molecule has 0 spiro atoms. The van der Waals surface area contributed by atoms with Crippen molar-refractivity contribution in [2.75, 3.05) is 18.6 Å². The number of aryl methyl sites for hydroxylation is 1. The van der Waals surface area contributed by atoms with Gasteiger partial charge in [0.1, 0.15) is 5.75 Å². The number of para-hydroxylation sites is 1. The van der Waals surface area contributed by atoms with Gasteiger partial charge in [-0.05, 0) is 36.1 Å². The van der Waals surface area contributed by atoms with E-state index in [1.807, 2.05) is 24.5 Å². The van der Waals surface area contributed by atoms with Crippen LogP contribution in [0.2, 0.25) is 0 Å². The summed E-state index contributed by atoms with van der Waals surface area (Å²) in [7, 11) is 1.74. The highest BCUT2D eigenvalue weighted by Crippen LogP contribution is 2.36. The molecule has 0 atom stereocenters. The number of fused-ring (bicyclic) bond motifs is 1. The number of hydrogen-bond acceptors (Lipinski definition) is 3. The van der Waals surface area contributed by atoms with Gasteiger partial charge in [0.05, 0.1) is 12.8 Å². The van der Waals surface area contributed by atoms with E-state index >= 15 is 0 Å². The molecule has 2 heterocycles. The second kappa shape index (κ2) is 5.31. The SMILES string of the molecule is COc1cccc2c1N(Cc1cccnc1)CCC2. The van der Waals surface area contributed by atoms with Crippen molar-refractivity contribution in [2.24, 2.45) is 0 Å². The van der Waals surface area contributed by atoms with E-state index in [1.165, 1.54) is 23.2 Å². The van der Waals surface area contributed by atoms with Crippen molar-refractivity contribution in [1.82, 2.24) is 4.98 Å². The molecule has 0 unspecified atom stereocenters. The molecular weight excluding hydrogens is 236 g/mol. The molecule has 0 saturated heterocycles. The molecule has 0 radical (unpaired) electrons. The largest absolute Gasteiger partial charge is 0.495 e. The fourth-order valence-corrected chi connectivity index (χ4v) is 2.74. The first-order valence-corrected chi connectivity index (χ1v) is 6.68. The molecule has 98 valence electrons. The zero-order chi connectivity index (χ0) is 13.1. The van der Waals surface area contributed by atoms with Crippen LogP contribution in [0.1, 0.15) is 17.5 Å². The van der Waals surface area contributed by atoms with Crippen molar-refractivity contribution in [1.29, 1.82) is 0 Å². The van der Waals surface area contributed by atoms with Crippen molar-refractivity contribution in [3.05, 3.63) is 53.9 Å². The molecule has 0 saturated carbocycles. The van der Waals surface area contributed by atoms with Gasteiger partial charge in [-0.1, -0.05) is 18.2 Å². The summed E-state index contributed by atoms with van der Waals surface area (Å²) in [6, 6.07) is 10.4. The van der Waals surface area contributed by atoms with Crippen LogP contribution in [0.3, 0.4) is 0 Å². The highest BCUT2D eigenvalue weighted by atomic mass is 16.5. The van der Waals surface area contributed by atoms with Crippen LogP contribution in [-0.4, -0.2) is 18.6 Å². The van der Waals surface area contributed by atoms with Crippen LogP contribution in [0.4, 0.5) is 5.69 Å². The Balaban J connectivity index is 1.93. The third kappa shape index (κ3) is 2.41. The fraction of sp³-hybridized carbons (Fsp3) is 0.312. The van der Waals surface area contributed by atoms with Gasteiger partial charge in [0.25, 0.3) is 0 Å². The van der Waals surface area contributed by atoms with Gasteiger partial charge < -0.3 is 9.64 Å². The number of pyridine rings is 1. The minimum Gasteiger partial charge on any atom is -0.495 e. The van der Waals surface area contributed by atoms with Crippen molar-refractivity contribution in [2.45, 2.75) is 19.4 Å². The van der Waals surface area contributed by atoms with Crippen LogP contribution in [0.5, 0.6) is 5.75 Å². The van der Waals surface area contributed by atoms with Crippen molar-refractivity contribution < 1.29 is 4.74 Å². The molecule has 1 aromatic heterocycles. The molecule has 1 aliphatic rings. The van der Waals surface area contributed by atoms with Gasteiger partial charge in [-0.15, -0.1) is 0 Å². The summed E-state index contributed by atoms with van der Waals surface area (Å²) in [5.74, 6) is 0.973. The van der Waals surface area contributed by atoms with E-state index in [-0.39, 0.29) is 0 Å². The Morgan fingerprint density at radius 2 is 2.21 bits per heavy atom. The molecule has 2 aromatic rings. The van der Waals surface area contributed by atoms with Crippen LogP contribution in [-0.2, 0) is 13.0 Å². The van der Waals surface area contributed by atoms with E-state index in [0.717, 1.165) is 25.3 Å². The molecule has 0 fully saturated rings. The second-order valence-corrected chi connectivity index (χ2v) is 4.85. The van der Waals surface area contributed by atoms with E-state index in [2.05, 4.69) is 28.1 Å². The smallest absolute Gasteiger partial charge is 0.142 e. The average molecular weight is 254 g/mol. The number of nitrogens with zero attached hydrogens (tertiary/aromatic N) is 2. The zero-order valence-corrected chi connectivity index (χ0v) is 11.2. The number of benzene rings is 1. The summed E-state index contributed by atoms with van der Waals surface area (Å²) < 4.78 is 5.52. The molecular formula is C16H18N2O. The average Bonchev–Trinajstić information content (AvgIpc) is 2.48. The lowest BCUT2D eigenvalue weighted by Gasteiger charge is -2.32. The molecule has 3 rings (SSSR count). The Bertz CT molecular complexity index is 540. The first-order valence-electron chi connectivity index (χ1n) is 6.68. The highest BCUT2D eigenvalue weighted by molar-refractivity contribution is 5.65.